The number of carboxylic acids is 1. The molecule has 0 radical (unpaired) electrons. The van der Waals surface area contributed by atoms with Gasteiger partial charge in [-0.15, -0.1) is 0 Å². The third kappa shape index (κ3) is 3.40. The maximum atomic E-state index is 12.7. The van der Waals surface area contributed by atoms with Crippen LogP contribution in [0.1, 0.15) is 21.6 Å². The fourth-order valence-corrected chi connectivity index (χ4v) is 3.83. The largest absolute Gasteiger partial charge is 0.495 e. The number of ether oxygens (including phenoxy) is 2. The summed E-state index contributed by atoms with van der Waals surface area (Å²) < 4.78 is 35.6. The molecule has 0 atom stereocenters. The zero-order valence-corrected chi connectivity index (χ0v) is 15.5. The average Bonchev–Trinajstić information content (AvgIpc) is 3.07. The Kier molecular flexibility index (Phi) is 4.70. The monoisotopic (exact) mass is 392 g/mol. The topological polar surface area (TPSA) is 144 Å². The number of aromatic carboxylic acids is 1. The molecule has 0 saturated carbocycles. The van der Waals surface area contributed by atoms with Gasteiger partial charge in [0.1, 0.15) is 17.1 Å². The number of aromatic amines is 1. The fourth-order valence-electron chi connectivity index (χ4n) is 2.55. The molecule has 27 heavy (non-hydrogen) atoms. The molecule has 0 spiro atoms. The minimum Gasteiger partial charge on any atom is -0.495 e. The van der Waals surface area contributed by atoms with Gasteiger partial charge < -0.3 is 19.6 Å². The second-order valence-electron chi connectivity index (χ2n) is 5.61. The number of nitrogens with one attached hydrogen (secondary N) is 1. The summed E-state index contributed by atoms with van der Waals surface area (Å²) in [6.07, 6.45) is 1.07. The lowest BCUT2D eigenvalue weighted by Crippen LogP contribution is -2.12. The number of sulfone groups is 1. The highest BCUT2D eigenvalue weighted by Gasteiger charge is 2.25. The van der Waals surface area contributed by atoms with Crippen molar-refractivity contribution in [3.8, 4) is 11.6 Å². The second-order valence-corrected chi connectivity index (χ2v) is 7.51. The molecule has 0 bridgehead atoms. The fraction of sp³-hybridized carbons (Fsp3) is 0.250. The Labute approximate surface area is 154 Å². The Hall–Kier alpha value is -3.21. The minimum atomic E-state index is -3.89. The zero-order valence-electron chi connectivity index (χ0n) is 14.7. The van der Waals surface area contributed by atoms with Crippen LogP contribution in [-0.4, -0.2) is 53.6 Å². The first-order valence-electron chi connectivity index (χ1n) is 7.66. The van der Waals surface area contributed by atoms with Crippen molar-refractivity contribution in [2.45, 2.75) is 17.8 Å². The third-order valence-electron chi connectivity index (χ3n) is 3.93. The van der Waals surface area contributed by atoms with Crippen LogP contribution in [0.25, 0.3) is 11.2 Å². The Bertz CT molecular complexity index is 1140. The van der Waals surface area contributed by atoms with Gasteiger partial charge in [0, 0.05) is 17.8 Å². The maximum absolute atomic E-state index is 12.7. The molecule has 0 aliphatic rings. The van der Waals surface area contributed by atoms with Crippen LogP contribution in [0.15, 0.2) is 23.5 Å². The Morgan fingerprint density at radius 2 is 1.96 bits per heavy atom. The van der Waals surface area contributed by atoms with Crippen LogP contribution >= 0.6 is 0 Å². The van der Waals surface area contributed by atoms with Crippen LogP contribution in [-0.2, 0) is 15.6 Å². The Morgan fingerprint density at radius 3 is 2.59 bits per heavy atom. The number of imidazole rings is 1. The summed E-state index contributed by atoms with van der Waals surface area (Å²) in [5.41, 5.74) is 1.00. The standard InChI is InChI=1S/C16H16N4O6S/c1-8-11(17-6-9(15(21)22)13(8)26-3)7-27(23,24)16-18-10-4-5-12(25-2)19-14(10)20-16/h4-6H,7H2,1-3H3,(H,21,22)(H,18,19,20). The molecule has 3 aromatic heterocycles. The van der Waals surface area contributed by atoms with Gasteiger partial charge in [0.05, 0.1) is 25.4 Å². The zero-order chi connectivity index (χ0) is 19.8. The van der Waals surface area contributed by atoms with Gasteiger partial charge >= 0.3 is 5.97 Å². The molecule has 0 aliphatic carbocycles. The average molecular weight is 392 g/mol. The third-order valence-corrected chi connectivity index (χ3v) is 5.37. The highest BCUT2D eigenvalue weighted by atomic mass is 32.2. The number of aromatic nitrogens is 4. The van der Waals surface area contributed by atoms with Crippen molar-refractivity contribution in [2.75, 3.05) is 14.2 Å². The lowest BCUT2D eigenvalue weighted by molar-refractivity contribution is 0.0692. The van der Waals surface area contributed by atoms with Crippen molar-refractivity contribution in [1.29, 1.82) is 0 Å². The first-order valence-corrected chi connectivity index (χ1v) is 9.31. The van der Waals surface area contributed by atoms with Crippen molar-refractivity contribution >= 4 is 27.0 Å². The summed E-state index contributed by atoms with van der Waals surface area (Å²) in [5.74, 6) is -1.32. The van der Waals surface area contributed by atoms with Gasteiger partial charge in [-0.05, 0) is 13.0 Å². The predicted molar refractivity (Wildman–Crippen MR) is 93.8 cm³/mol. The van der Waals surface area contributed by atoms with E-state index in [0.29, 0.717) is 17.0 Å². The molecule has 142 valence electrons. The molecule has 0 aliphatic heterocycles. The van der Waals surface area contributed by atoms with E-state index >= 15 is 0 Å². The van der Waals surface area contributed by atoms with E-state index in [-0.39, 0.29) is 27.8 Å². The van der Waals surface area contributed by atoms with Gasteiger partial charge in [0.2, 0.25) is 20.9 Å². The number of hydrogen-bond donors (Lipinski definition) is 2. The quantitative estimate of drug-likeness (QED) is 0.635. The SMILES string of the molecule is COc1ccc2[nH]c(S(=O)(=O)Cc3ncc(C(=O)O)c(OC)c3C)nc2n1. The van der Waals surface area contributed by atoms with Gasteiger partial charge in [-0.2, -0.15) is 9.97 Å². The number of H-pyrrole nitrogens is 1. The number of nitrogens with zero attached hydrogens (tertiary/aromatic N) is 3. The number of pyridine rings is 2. The van der Waals surface area contributed by atoms with Crippen LogP contribution in [0.3, 0.4) is 0 Å². The highest BCUT2D eigenvalue weighted by molar-refractivity contribution is 7.90. The molecule has 0 saturated heterocycles. The lowest BCUT2D eigenvalue weighted by Gasteiger charge is -2.11. The molecule has 3 aromatic rings. The van der Waals surface area contributed by atoms with Crippen molar-refractivity contribution in [1.82, 2.24) is 19.9 Å². The first-order chi connectivity index (χ1) is 12.8. The second kappa shape index (κ2) is 6.83. The molecule has 2 N–H and O–H groups in total. The normalized spacial score (nSPS) is 11.5. The summed E-state index contributed by atoms with van der Waals surface area (Å²) in [6, 6.07) is 3.19. The minimum absolute atomic E-state index is 0.0682. The summed E-state index contributed by atoms with van der Waals surface area (Å²) >= 11 is 0. The molecular formula is C16H16N4O6S. The Balaban J connectivity index is 2.01. The van der Waals surface area contributed by atoms with Crippen molar-refractivity contribution in [3.63, 3.8) is 0 Å². The van der Waals surface area contributed by atoms with E-state index in [1.165, 1.54) is 14.2 Å². The van der Waals surface area contributed by atoms with Crippen LogP contribution < -0.4 is 9.47 Å². The number of rotatable bonds is 6. The van der Waals surface area contributed by atoms with Crippen LogP contribution in [0, 0.1) is 6.92 Å². The number of carboxylic acid groups (broad SMARTS) is 1. The number of fused-ring (bicyclic) bond motifs is 1. The van der Waals surface area contributed by atoms with E-state index in [0.717, 1.165) is 6.20 Å². The molecule has 3 heterocycles. The molecule has 10 nitrogen and oxygen atoms in total. The van der Waals surface area contributed by atoms with Gasteiger partial charge in [0.25, 0.3) is 0 Å². The summed E-state index contributed by atoms with van der Waals surface area (Å²) in [5, 5.41) is 8.91. The van der Waals surface area contributed by atoms with Crippen LogP contribution in [0.2, 0.25) is 0 Å². The van der Waals surface area contributed by atoms with Gasteiger partial charge in [0.15, 0.2) is 5.65 Å². The number of carbonyl (C=O) groups is 1. The summed E-state index contributed by atoms with van der Waals surface area (Å²) in [4.78, 5) is 26.0. The van der Waals surface area contributed by atoms with E-state index in [4.69, 9.17) is 9.47 Å². The number of hydrogen-bond acceptors (Lipinski definition) is 8. The number of methoxy groups -OCH3 is 2. The van der Waals surface area contributed by atoms with Crippen molar-refractivity contribution < 1.29 is 27.8 Å². The summed E-state index contributed by atoms with van der Waals surface area (Å²) in [6.45, 7) is 1.55. The van der Waals surface area contributed by atoms with Crippen molar-refractivity contribution in [2.24, 2.45) is 0 Å². The molecule has 0 aromatic carbocycles. The molecule has 0 fully saturated rings. The predicted octanol–water partition coefficient (Wildman–Crippen LogP) is 1.35. The van der Waals surface area contributed by atoms with Gasteiger partial charge in [-0.3, -0.25) is 4.98 Å². The van der Waals surface area contributed by atoms with Crippen molar-refractivity contribution in [3.05, 3.63) is 35.2 Å². The molecule has 3 rings (SSSR count). The smallest absolute Gasteiger partial charge is 0.341 e. The highest BCUT2D eigenvalue weighted by Crippen LogP contribution is 2.27. The van der Waals surface area contributed by atoms with E-state index in [9.17, 15) is 18.3 Å². The summed E-state index contributed by atoms with van der Waals surface area (Å²) in [7, 11) is -1.13. The lowest BCUT2D eigenvalue weighted by atomic mass is 10.1. The van der Waals surface area contributed by atoms with E-state index < -0.39 is 21.6 Å². The van der Waals surface area contributed by atoms with E-state index in [1.54, 1.807) is 19.1 Å². The van der Waals surface area contributed by atoms with E-state index in [2.05, 4.69) is 19.9 Å². The molecule has 0 amide bonds. The molecule has 0 unspecified atom stereocenters. The van der Waals surface area contributed by atoms with Crippen LogP contribution in [0.4, 0.5) is 0 Å². The molecule has 11 heteroatoms. The van der Waals surface area contributed by atoms with Gasteiger partial charge in [-0.1, -0.05) is 0 Å². The first kappa shape index (κ1) is 18.6. The van der Waals surface area contributed by atoms with E-state index in [1.807, 2.05) is 0 Å². The van der Waals surface area contributed by atoms with Crippen LogP contribution in [0.5, 0.6) is 11.6 Å². The molecular weight excluding hydrogens is 376 g/mol. The maximum Gasteiger partial charge on any atom is 0.341 e. The van der Waals surface area contributed by atoms with Gasteiger partial charge in [-0.25, -0.2) is 13.2 Å². The Morgan fingerprint density at radius 1 is 1.22 bits per heavy atom.